The van der Waals surface area contributed by atoms with Gasteiger partial charge < -0.3 is 51.8 Å². The van der Waals surface area contributed by atoms with Crippen molar-refractivity contribution in [2.24, 2.45) is 0 Å². The van der Waals surface area contributed by atoms with E-state index in [2.05, 4.69) is 130 Å². The van der Waals surface area contributed by atoms with E-state index >= 15 is 0 Å². The fraction of sp³-hybridized carbons (Fsp3) is 0.410. The maximum Gasteiger partial charge on any atom is 0.261 e. The predicted molar refractivity (Wildman–Crippen MR) is 280 cm³/mol. The molecule has 73 heavy (non-hydrogen) atoms. The monoisotopic (exact) mass is 1010 g/mol. The van der Waals surface area contributed by atoms with Gasteiger partial charge in [0, 0.05) is 0 Å². The quantitative estimate of drug-likeness (QED) is 0.0726. The van der Waals surface area contributed by atoms with E-state index in [1.54, 1.807) is 0 Å². The van der Waals surface area contributed by atoms with Gasteiger partial charge in [-0.1, -0.05) is 203 Å². The summed E-state index contributed by atoms with van der Waals surface area (Å²) in [5, 5.41) is 2.07. The Bertz CT molecular complexity index is 2550. The van der Waals surface area contributed by atoms with Crippen LogP contribution in [0.4, 0.5) is 0 Å². The maximum atomic E-state index is 7.61. The number of rotatable bonds is 19. The van der Waals surface area contributed by atoms with Crippen LogP contribution >= 0.6 is 0 Å². The minimum Gasteiger partial charge on any atom is -0.405 e. The second kappa shape index (κ2) is 23.3. The van der Waals surface area contributed by atoms with Gasteiger partial charge in [0.1, 0.15) is 73.9 Å². The molecule has 0 aromatic heterocycles. The van der Waals surface area contributed by atoms with Crippen LogP contribution in [0.2, 0.25) is 5.04 Å². The minimum absolute atomic E-state index is 0.0324. The molecule has 12 heteroatoms. The number of ether oxygens (including phenoxy) is 10. The SMILES string of the molecule is CC1(C)O[C@@H]2[C@H]3OCO[C@H]([C@H]4O[C@H](COCc5ccccc5)[C@@H](OCc5ccccc5)[C@H](OCc5ccccc5)[C@@H]4OCc4ccccc4)[C@@H]3O[C@H](CO[Si](c3ccccc3)(c3ccccc3)C(C)(C)C)[C@@H]2O1. The third-order valence-electron chi connectivity index (χ3n) is 14.5. The van der Waals surface area contributed by atoms with Crippen molar-refractivity contribution in [3.8, 4) is 0 Å². The number of hydrogen-bond donors (Lipinski definition) is 0. The highest BCUT2D eigenvalue weighted by molar-refractivity contribution is 6.99. The van der Waals surface area contributed by atoms with Crippen LogP contribution in [0.25, 0.3) is 0 Å². The molecule has 11 nitrogen and oxygen atoms in total. The lowest BCUT2D eigenvalue weighted by Gasteiger charge is -2.53. The summed E-state index contributed by atoms with van der Waals surface area (Å²) in [5.74, 6) is -0.927. The third kappa shape index (κ3) is 11.8. The van der Waals surface area contributed by atoms with E-state index in [4.69, 9.17) is 51.8 Å². The molecule has 0 amide bonds. The molecule has 10 rings (SSSR count). The first-order valence-electron chi connectivity index (χ1n) is 25.8. The summed E-state index contributed by atoms with van der Waals surface area (Å²) >= 11 is 0. The first-order chi connectivity index (χ1) is 35.6. The average molecular weight is 1010 g/mol. The molecule has 0 saturated carbocycles. The molecule has 0 N–H and O–H groups in total. The van der Waals surface area contributed by atoms with Crippen molar-refractivity contribution < 1.29 is 51.8 Å². The Morgan fingerprint density at radius 3 is 1.34 bits per heavy atom. The second-order valence-electron chi connectivity index (χ2n) is 21.0. The summed E-state index contributed by atoms with van der Waals surface area (Å²) in [6.07, 6.45) is -7.09. The van der Waals surface area contributed by atoms with Crippen molar-refractivity contribution in [3.63, 3.8) is 0 Å². The first kappa shape index (κ1) is 51.6. The fourth-order valence-corrected chi connectivity index (χ4v) is 15.7. The Labute approximate surface area is 432 Å². The Balaban J connectivity index is 1.03. The van der Waals surface area contributed by atoms with Gasteiger partial charge in [-0.25, -0.2) is 0 Å². The predicted octanol–water partition coefficient (Wildman–Crippen LogP) is 9.33. The van der Waals surface area contributed by atoms with Crippen molar-refractivity contribution in [3.05, 3.63) is 204 Å². The van der Waals surface area contributed by atoms with Crippen molar-refractivity contribution in [1.82, 2.24) is 0 Å². The number of fused-ring (bicyclic) bond motifs is 3. The van der Waals surface area contributed by atoms with Crippen molar-refractivity contribution in [2.75, 3.05) is 20.0 Å². The van der Waals surface area contributed by atoms with Gasteiger partial charge in [0.05, 0.1) is 39.6 Å². The van der Waals surface area contributed by atoms with Gasteiger partial charge in [-0.05, 0) is 51.5 Å². The molecule has 384 valence electrons. The summed E-state index contributed by atoms with van der Waals surface area (Å²) in [4.78, 5) is 0. The van der Waals surface area contributed by atoms with Crippen molar-refractivity contribution in [1.29, 1.82) is 0 Å². The molecule has 0 aliphatic carbocycles. The highest BCUT2D eigenvalue weighted by Gasteiger charge is 2.63. The minimum atomic E-state index is -3.02. The normalized spacial score (nSPS) is 28.0. The maximum absolute atomic E-state index is 7.61. The smallest absolute Gasteiger partial charge is 0.261 e. The molecule has 0 spiro atoms. The lowest BCUT2D eigenvalue weighted by atomic mass is 9.84. The molecule has 6 aromatic rings. The molecule has 4 saturated heterocycles. The first-order valence-corrected chi connectivity index (χ1v) is 27.7. The van der Waals surface area contributed by atoms with E-state index in [9.17, 15) is 0 Å². The Morgan fingerprint density at radius 1 is 0.438 bits per heavy atom. The summed E-state index contributed by atoms with van der Waals surface area (Å²) in [7, 11) is -3.02. The van der Waals surface area contributed by atoms with Crippen LogP contribution in [0.15, 0.2) is 182 Å². The van der Waals surface area contributed by atoms with Crippen LogP contribution in [-0.2, 0) is 78.2 Å². The number of hydrogen-bond acceptors (Lipinski definition) is 11. The van der Waals surface area contributed by atoms with Gasteiger partial charge in [0.2, 0.25) is 0 Å². The van der Waals surface area contributed by atoms with Gasteiger partial charge in [-0.15, -0.1) is 0 Å². The van der Waals surface area contributed by atoms with Crippen molar-refractivity contribution >= 4 is 18.7 Å². The zero-order valence-electron chi connectivity index (χ0n) is 42.6. The molecule has 4 aliphatic rings. The van der Waals surface area contributed by atoms with Crippen LogP contribution in [-0.4, -0.2) is 101 Å². The van der Waals surface area contributed by atoms with Gasteiger partial charge >= 0.3 is 0 Å². The molecule has 4 heterocycles. The largest absolute Gasteiger partial charge is 0.405 e. The topological polar surface area (TPSA) is 102 Å². The second-order valence-corrected chi connectivity index (χ2v) is 25.3. The molecule has 4 aliphatic heterocycles. The molecule has 11 atom stereocenters. The molecule has 0 unspecified atom stereocenters. The van der Waals surface area contributed by atoms with Crippen LogP contribution in [0.5, 0.6) is 0 Å². The van der Waals surface area contributed by atoms with E-state index in [0.29, 0.717) is 19.8 Å². The van der Waals surface area contributed by atoms with E-state index in [0.717, 1.165) is 22.3 Å². The summed E-state index contributed by atoms with van der Waals surface area (Å²) in [6, 6.07) is 61.9. The highest BCUT2D eigenvalue weighted by Crippen LogP contribution is 2.45. The van der Waals surface area contributed by atoms with Gasteiger partial charge in [0.15, 0.2) is 5.79 Å². The highest BCUT2D eigenvalue weighted by atomic mass is 28.4. The van der Waals surface area contributed by atoms with E-state index in [-0.39, 0.29) is 31.7 Å². The molecular formula is C61H70O11Si. The Morgan fingerprint density at radius 2 is 0.849 bits per heavy atom. The summed E-state index contributed by atoms with van der Waals surface area (Å²) in [6.45, 7) is 12.4. The van der Waals surface area contributed by atoms with Crippen LogP contribution in [0.3, 0.4) is 0 Å². The molecule has 0 radical (unpaired) electrons. The summed E-state index contributed by atoms with van der Waals surface area (Å²) in [5.41, 5.74) is 4.08. The molecular weight excluding hydrogens is 937 g/mol. The Kier molecular flexibility index (Phi) is 16.5. The van der Waals surface area contributed by atoms with Crippen molar-refractivity contribution in [2.45, 2.75) is 139 Å². The van der Waals surface area contributed by atoms with Gasteiger partial charge in [-0.3, -0.25) is 0 Å². The van der Waals surface area contributed by atoms with E-state index < -0.39 is 81.2 Å². The fourth-order valence-electron chi connectivity index (χ4n) is 11.1. The van der Waals surface area contributed by atoms with E-state index in [1.807, 2.05) is 86.6 Å². The molecule has 6 aromatic carbocycles. The average Bonchev–Trinajstić information content (AvgIpc) is 3.76. The standard InChI is InChI=1S/C61H70O11Si/c1-60(2,3)73(47-32-20-10-21-33-47,48-34-22-11-23-35-48)68-41-50-52-59(72-61(4,5)71-52)56-58(70-50)55(66-42-67-56)57-54(65-39-46-30-18-9-19-31-46)53(64-38-45-28-16-8-17-29-45)51(63-37-44-26-14-7-15-27-44)49(69-57)40-62-36-43-24-12-6-13-25-43/h6-35,49-59H,36-42H2,1-5H3/t49-,50-,51-,52+,53+,54+,55-,56+,57+,58+,59+/m1/s1. The van der Waals surface area contributed by atoms with E-state index in [1.165, 1.54) is 10.4 Å². The van der Waals surface area contributed by atoms with Gasteiger partial charge in [-0.2, -0.15) is 0 Å². The molecule has 4 fully saturated rings. The van der Waals surface area contributed by atoms with Crippen LogP contribution in [0, 0.1) is 0 Å². The lowest BCUT2D eigenvalue weighted by molar-refractivity contribution is -0.349. The third-order valence-corrected chi connectivity index (χ3v) is 19.5. The molecule has 0 bridgehead atoms. The summed E-state index contributed by atoms with van der Waals surface area (Å²) < 4.78 is 77.5. The Hall–Kier alpha value is -4.90. The lowest BCUT2D eigenvalue weighted by Crippen LogP contribution is -2.71. The number of benzene rings is 6. The zero-order chi connectivity index (χ0) is 50.3. The van der Waals surface area contributed by atoms with Crippen LogP contribution in [0.1, 0.15) is 56.9 Å². The van der Waals surface area contributed by atoms with Gasteiger partial charge in [0.25, 0.3) is 8.32 Å². The zero-order valence-corrected chi connectivity index (χ0v) is 43.6. The van der Waals surface area contributed by atoms with Crippen LogP contribution < -0.4 is 10.4 Å².